The Labute approximate surface area is 150 Å². The van der Waals surface area contributed by atoms with Gasteiger partial charge in [-0.25, -0.2) is 8.78 Å². The molecule has 2 aliphatic rings. The second-order valence-electron chi connectivity index (χ2n) is 6.41. The van der Waals surface area contributed by atoms with Crippen LogP contribution in [0.2, 0.25) is 0 Å². The van der Waals surface area contributed by atoms with E-state index >= 15 is 0 Å². The van der Waals surface area contributed by atoms with E-state index in [-0.39, 0.29) is 17.0 Å². The summed E-state index contributed by atoms with van der Waals surface area (Å²) in [7, 11) is 0. The Balaban J connectivity index is 1.54. The van der Waals surface area contributed by atoms with E-state index < -0.39 is 5.82 Å². The van der Waals surface area contributed by atoms with E-state index in [1.165, 1.54) is 37.8 Å². The number of hydrogen-bond acceptors (Lipinski definition) is 3. The first-order valence-electron chi connectivity index (χ1n) is 8.59. The number of carbonyl (C=O) groups excluding carboxylic acids is 1. The van der Waals surface area contributed by atoms with Crippen molar-refractivity contribution in [2.45, 2.75) is 42.6 Å². The average Bonchev–Trinajstić information content (AvgIpc) is 2.98. The Bertz CT molecular complexity index is 578. The number of halogens is 2. The number of hydrogen-bond donors (Lipinski definition) is 0. The Hall–Kier alpha value is -0.750. The van der Waals surface area contributed by atoms with E-state index in [4.69, 9.17) is 0 Å². The van der Waals surface area contributed by atoms with Gasteiger partial charge in [-0.3, -0.25) is 4.79 Å². The number of nitrogens with zero attached hydrogens (tertiary/aromatic N) is 1. The molecular weight excluding hydrogens is 348 g/mol. The van der Waals surface area contributed by atoms with Crippen molar-refractivity contribution in [2.75, 3.05) is 24.6 Å². The van der Waals surface area contributed by atoms with Gasteiger partial charge >= 0.3 is 0 Å². The third-order valence-corrected chi connectivity index (χ3v) is 7.41. The second-order valence-corrected chi connectivity index (χ2v) is 9.01. The third-order valence-electron chi connectivity index (χ3n) is 4.74. The predicted molar refractivity (Wildman–Crippen MR) is 97.5 cm³/mol. The molecule has 1 aliphatic carbocycles. The fourth-order valence-electron chi connectivity index (χ4n) is 3.36. The molecule has 3 rings (SSSR count). The summed E-state index contributed by atoms with van der Waals surface area (Å²) < 4.78 is 27.4. The van der Waals surface area contributed by atoms with Crippen molar-refractivity contribution in [3.63, 3.8) is 0 Å². The number of thioether (sulfide) groups is 2. The van der Waals surface area contributed by atoms with Crippen molar-refractivity contribution < 1.29 is 13.6 Å². The molecule has 1 aliphatic heterocycles. The number of carbonyl (C=O) groups is 1. The fraction of sp³-hybridized carbons (Fsp3) is 0.611. The molecule has 24 heavy (non-hydrogen) atoms. The highest BCUT2D eigenvalue weighted by molar-refractivity contribution is 8.00. The highest BCUT2D eigenvalue weighted by atomic mass is 32.2. The van der Waals surface area contributed by atoms with Gasteiger partial charge in [0.2, 0.25) is 5.91 Å². The molecule has 0 aromatic heterocycles. The summed E-state index contributed by atoms with van der Waals surface area (Å²) in [4.78, 5) is 14.3. The first kappa shape index (κ1) is 18.1. The smallest absolute Gasteiger partial charge is 0.232 e. The Morgan fingerprint density at radius 1 is 1.21 bits per heavy atom. The number of amides is 1. The summed E-state index contributed by atoms with van der Waals surface area (Å²) in [5.41, 5.74) is 0.426. The lowest BCUT2D eigenvalue weighted by Crippen LogP contribution is -2.34. The molecule has 2 fully saturated rings. The van der Waals surface area contributed by atoms with Gasteiger partial charge in [0.05, 0.1) is 5.75 Å². The maximum atomic E-state index is 14.0. The molecular formula is C18H23F2NOS2. The van der Waals surface area contributed by atoms with Crippen LogP contribution in [0.25, 0.3) is 0 Å². The lowest BCUT2D eigenvalue weighted by Gasteiger charge is -2.21. The van der Waals surface area contributed by atoms with Gasteiger partial charge in [-0.05, 0) is 37.5 Å². The lowest BCUT2D eigenvalue weighted by atomic mass is 10.1. The van der Waals surface area contributed by atoms with E-state index in [1.54, 1.807) is 23.5 Å². The van der Waals surface area contributed by atoms with E-state index in [0.717, 1.165) is 11.8 Å². The minimum atomic E-state index is -0.405. The van der Waals surface area contributed by atoms with Gasteiger partial charge in [0.25, 0.3) is 0 Å². The molecule has 6 heteroatoms. The average molecular weight is 372 g/mol. The van der Waals surface area contributed by atoms with Crippen molar-refractivity contribution >= 4 is 29.4 Å². The maximum Gasteiger partial charge on any atom is 0.232 e. The highest BCUT2D eigenvalue weighted by Gasteiger charge is 2.25. The maximum absolute atomic E-state index is 14.0. The summed E-state index contributed by atoms with van der Waals surface area (Å²) in [6.07, 6.45) is 5.70. The van der Waals surface area contributed by atoms with Crippen molar-refractivity contribution in [1.82, 2.24) is 4.90 Å². The SMILES string of the molecule is O=C(CSC1CCCC1)N1CCSC(c2cc(F)ccc2F)CC1. The zero-order valence-electron chi connectivity index (χ0n) is 13.7. The van der Waals surface area contributed by atoms with Gasteiger partial charge in [-0.1, -0.05) is 12.8 Å². The minimum Gasteiger partial charge on any atom is -0.341 e. The van der Waals surface area contributed by atoms with Crippen molar-refractivity contribution in [2.24, 2.45) is 0 Å². The molecule has 1 heterocycles. The number of rotatable bonds is 4. The van der Waals surface area contributed by atoms with E-state index in [9.17, 15) is 13.6 Å². The largest absolute Gasteiger partial charge is 0.341 e. The normalized spacial score (nSPS) is 22.6. The first-order chi connectivity index (χ1) is 11.6. The van der Waals surface area contributed by atoms with Gasteiger partial charge in [0.1, 0.15) is 11.6 Å². The second kappa shape index (κ2) is 8.56. The first-order valence-corrected chi connectivity index (χ1v) is 10.7. The quantitative estimate of drug-likeness (QED) is 0.769. The number of benzene rings is 1. The van der Waals surface area contributed by atoms with Crippen LogP contribution in [-0.2, 0) is 4.79 Å². The van der Waals surface area contributed by atoms with Crippen LogP contribution in [0, 0.1) is 11.6 Å². The standard InChI is InChI=1S/C18H23F2NOS2/c19-13-5-6-16(20)15(11-13)17-7-8-21(9-10-23-17)18(22)12-24-14-3-1-2-4-14/h5-6,11,14,17H,1-4,7-10,12H2. The van der Waals surface area contributed by atoms with E-state index in [1.807, 2.05) is 4.90 Å². The zero-order valence-corrected chi connectivity index (χ0v) is 15.3. The van der Waals surface area contributed by atoms with Crippen LogP contribution in [0.15, 0.2) is 18.2 Å². The van der Waals surface area contributed by atoms with Gasteiger partial charge in [-0.2, -0.15) is 11.8 Å². The molecule has 1 aromatic carbocycles. The van der Waals surface area contributed by atoms with Crippen molar-refractivity contribution in [3.8, 4) is 0 Å². The molecule has 1 atom stereocenters. The van der Waals surface area contributed by atoms with Gasteiger partial charge in [0, 0.05) is 34.9 Å². The third kappa shape index (κ3) is 4.66. The molecule has 0 radical (unpaired) electrons. The molecule has 0 spiro atoms. The van der Waals surface area contributed by atoms with Crippen LogP contribution in [0.1, 0.15) is 42.9 Å². The van der Waals surface area contributed by atoms with Gasteiger partial charge in [-0.15, -0.1) is 11.8 Å². The van der Waals surface area contributed by atoms with Crippen LogP contribution < -0.4 is 0 Å². The molecule has 1 unspecified atom stereocenters. The monoisotopic (exact) mass is 371 g/mol. The van der Waals surface area contributed by atoms with Crippen LogP contribution in [0.5, 0.6) is 0 Å². The zero-order chi connectivity index (χ0) is 16.9. The predicted octanol–water partition coefficient (Wildman–Crippen LogP) is 4.65. The summed E-state index contributed by atoms with van der Waals surface area (Å²) in [5.74, 6) is 0.741. The van der Waals surface area contributed by atoms with Gasteiger partial charge < -0.3 is 4.90 Å². The summed E-state index contributed by atoms with van der Waals surface area (Å²) in [6.45, 7) is 1.32. The van der Waals surface area contributed by atoms with Crippen LogP contribution in [0.3, 0.4) is 0 Å². The fourth-order valence-corrected chi connectivity index (χ4v) is 5.83. The van der Waals surface area contributed by atoms with Crippen LogP contribution in [-0.4, -0.2) is 40.7 Å². The van der Waals surface area contributed by atoms with E-state index in [0.29, 0.717) is 36.1 Å². The molecule has 1 saturated heterocycles. The summed E-state index contributed by atoms with van der Waals surface area (Å²) >= 11 is 3.40. The molecule has 0 bridgehead atoms. The Kier molecular flexibility index (Phi) is 6.44. The molecule has 2 nitrogen and oxygen atoms in total. The molecule has 0 N–H and O–H groups in total. The topological polar surface area (TPSA) is 20.3 Å². The lowest BCUT2D eigenvalue weighted by molar-refractivity contribution is -0.128. The summed E-state index contributed by atoms with van der Waals surface area (Å²) in [6, 6.07) is 3.63. The van der Waals surface area contributed by atoms with Crippen LogP contribution >= 0.6 is 23.5 Å². The molecule has 1 aromatic rings. The Morgan fingerprint density at radius 3 is 2.79 bits per heavy atom. The Morgan fingerprint density at radius 2 is 2.00 bits per heavy atom. The molecule has 1 amide bonds. The summed E-state index contributed by atoms with van der Waals surface area (Å²) in [5, 5.41) is 0.561. The van der Waals surface area contributed by atoms with Crippen LogP contribution in [0.4, 0.5) is 8.78 Å². The van der Waals surface area contributed by atoms with Crippen molar-refractivity contribution in [3.05, 3.63) is 35.4 Å². The minimum absolute atomic E-state index is 0.0824. The van der Waals surface area contributed by atoms with Crippen molar-refractivity contribution in [1.29, 1.82) is 0 Å². The highest BCUT2D eigenvalue weighted by Crippen LogP contribution is 2.36. The van der Waals surface area contributed by atoms with Gasteiger partial charge in [0.15, 0.2) is 0 Å². The molecule has 1 saturated carbocycles. The van der Waals surface area contributed by atoms with E-state index in [2.05, 4.69) is 0 Å². The molecule has 132 valence electrons.